The lowest BCUT2D eigenvalue weighted by Gasteiger charge is -2.00. The van der Waals surface area contributed by atoms with Crippen molar-refractivity contribution in [2.24, 2.45) is 5.14 Å². The van der Waals surface area contributed by atoms with Crippen molar-refractivity contribution in [1.29, 1.82) is 0 Å². The standard InChI is InChI=1S/C7H5ClN2O5S/c8-7(11)5-2-1-4(16(9,14)15)3-6(5)10(12)13/h1-3H,(H2,9,14,15). The van der Waals surface area contributed by atoms with Crippen molar-refractivity contribution in [3.8, 4) is 0 Å². The second-order valence-electron chi connectivity index (χ2n) is 2.75. The van der Waals surface area contributed by atoms with Crippen LogP contribution in [-0.4, -0.2) is 18.6 Å². The van der Waals surface area contributed by atoms with E-state index in [1.54, 1.807) is 0 Å². The summed E-state index contributed by atoms with van der Waals surface area (Å²) >= 11 is 5.09. The number of sulfonamides is 1. The minimum absolute atomic E-state index is 0.390. The number of benzene rings is 1. The molecular formula is C7H5ClN2O5S. The molecule has 0 saturated heterocycles. The molecule has 0 aliphatic carbocycles. The van der Waals surface area contributed by atoms with Gasteiger partial charge in [-0.1, -0.05) is 0 Å². The smallest absolute Gasteiger partial charge is 0.275 e. The summed E-state index contributed by atoms with van der Waals surface area (Å²) in [4.78, 5) is 20.0. The van der Waals surface area contributed by atoms with E-state index in [0.717, 1.165) is 12.1 Å². The van der Waals surface area contributed by atoms with Gasteiger partial charge in [0.1, 0.15) is 5.56 Å². The van der Waals surface area contributed by atoms with Crippen molar-refractivity contribution < 1.29 is 18.1 Å². The number of primary sulfonamides is 1. The van der Waals surface area contributed by atoms with E-state index in [4.69, 9.17) is 16.7 Å². The summed E-state index contributed by atoms with van der Waals surface area (Å²) in [5, 5.41) is 14.3. The first kappa shape index (κ1) is 12.6. The molecule has 0 aromatic heterocycles. The average Bonchev–Trinajstić information content (AvgIpc) is 2.15. The molecule has 0 aliphatic heterocycles. The van der Waals surface area contributed by atoms with Crippen LogP contribution in [0.1, 0.15) is 10.4 Å². The quantitative estimate of drug-likeness (QED) is 0.487. The van der Waals surface area contributed by atoms with Gasteiger partial charge in [-0.2, -0.15) is 0 Å². The van der Waals surface area contributed by atoms with E-state index in [2.05, 4.69) is 0 Å². The predicted molar refractivity (Wildman–Crippen MR) is 54.7 cm³/mol. The fourth-order valence-corrected chi connectivity index (χ4v) is 1.70. The Morgan fingerprint density at radius 3 is 2.38 bits per heavy atom. The number of carbonyl (C=O) groups is 1. The maximum atomic E-state index is 10.9. The van der Waals surface area contributed by atoms with Crippen molar-refractivity contribution in [3.05, 3.63) is 33.9 Å². The second-order valence-corrected chi connectivity index (χ2v) is 4.66. The van der Waals surface area contributed by atoms with E-state index in [-0.39, 0.29) is 5.56 Å². The summed E-state index contributed by atoms with van der Waals surface area (Å²) in [5.74, 6) is 0. The summed E-state index contributed by atoms with van der Waals surface area (Å²) in [6.07, 6.45) is 0. The molecule has 0 radical (unpaired) electrons. The zero-order valence-electron chi connectivity index (χ0n) is 7.58. The van der Waals surface area contributed by atoms with Gasteiger partial charge in [-0.15, -0.1) is 0 Å². The van der Waals surface area contributed by atoms with Gasteiger partial charge in [0.15, 0.2) is 0 Å². The Bertz CT molecular complexity index is 568. The molecule has 0 amide bonds. The molecule has 16 heavy (non-hydrogen) atoms. The normalized spacial score (nSPS) is 11.1. The largest absolute Gasteiger partial charge is 0.282 e. The Hall–Kier alpha value is -1.51. The van der Waals surface area contributed by atoms with Crippen LogP contribution in [0, 0.1) is 10.1 Å². The van der Waals surface area contributed by atoms with Crippen LogP contribution in [0.15, 0.2) is 23.1 Å². The fraction of sp³-hybridized carbons (Fsp3) is 0. The van der Waals surface area contributed by atoms with E-state index < -0.39 is 30.8 Å². The molecule has 7 nitrogen and oxygen atoms in total. The molecule has 1 aromatic carbocycles. The minimum atomic E-state index is -4.06. The van der Waals surface area contributed by atoms with Crippen molar-refractivity contribution in [2.45, 2.75) is 4.90 Å². The zero-order valence-corrected chi connectivity index (χ0v) is 9.16. The maximum absolute atomic E-state index is 10.9. The number of rotatable bonds is 3. The Kier molecular flexibility index (Phi) is 3.27. The van der Waals surface area contributed by atoms with Crippen LogP contribution < -0.4 is 5.14 Å². The first-order chi connectivity index (χ1) is 7.23. The monoisotopic (exact) mass is 264 g/mol. The number of nitrogens with two attached hydrogens (primary N) is 1. The number of hydrogen-bond acceptors (Lipinski definition) is 5. The van der Waals surface area contributed by atoms with Gasteiger partial charge in [0, 0.05) is 6.07 Å². The third kappa shape index (κ3) is 2.54. The van der Waals surface area contributed by atoms with Gasteiger partial charge in [0.05, 0.1) is 9.82 Å². The van der Waals surface area contributed by atoms with E-state index in [1.807, 2.05) is 0 Å². The van der Waals surface area contributed by atoms with Gasteiger partial charge in [0.2, 0.25) is 10.0 Å². The molecule has 2 N–H and O–H groups in total. The SMILES string of the molecule is NS(=O)(=O)c1ccc(C(=O)Cl)c([N+](=O)[O-])c1. The zero-order chi connectivity index (χ0) is 12.5. The van der Waals surface area contributed by atoms with Gasteiger partial charge < -0.3 is 0 Å². The summed E-state index contributed by atoms with van der Waals surface area (Å²) < 4.78 is 21.9. The Morgan fingerprint density at radius 2 is 2.00 bits per heavy atom. The first-order valence-corrected chi connectivity index (χ1v) is 5.67. The van der Waals surface area contributed by atoms with E-state index in [0.29, 0.717) is 6.07 Å². The molecule has 0 unspecified atom stereocenters. The van der Waals surface area contributed by atoms with Gasteiger partial charge >= 0.3 is 0 Å². The van der Waals surface area contributed by atoms with Gasteiger partial charge in [-0.3, -0.25) is 14.9 Å². The minimum Gasteiger partial charge on any atom is -0.275 e. The van der Waals surface area contributed by atoms with E-state index >= 15 is 0 Å². The molecule has 86 valence electrons. The van der Waals surface area contributed by atoms with Crippen molar-refractivity contribution in [3.63, 3.8) is 0 Å². The van der Waals surface area contributed by atoms with Crippen LogP contribution in [-0.2, 0) is 10.0 Å². The average molecular weight is 265 g/mol. The third-order valence-corrected chi connectivity index (χ3v) is 2.82. The van der Waals surface area contributed by atoms with E-state index in [1.165, 1.54) is 0 Å². The van der Waals surface area contributed by atoms with Crippen LogP contribution in [0.3, 0.4) is 0 Å². The van der Waals surface area contributed by atoms with Crippen LogP contribution in [0.5, 0.6) is 0 Å². The van der Waals surface area contributed by atoms with Crippen LogP contribution in [0.4, 0.5) is 5.69 Å². The van der Waals surface area contributed by atoms with Crippen molar-refractivity contribution in [1.82, 2.24) is 0 Å². The van der Waals surface area contributed by atoms with Crippen molar-refractivity contribution in [2.75, 3.05) is 0 Å². The second kappa shape index (κ2) is 4.16. The molecule has 1 aromatic rings. The lowest BCUT2D eigenvalue weighted by Crippen LogP contribution is -2.13. The Labute approximate surface area is 95.0 Å². The molecular weight excluding hydrogens is 260 g/mol. The molecule has 0 fully saturated rings. The van der Waals surface area contributed by atoms with Gasteiger partial charge in [-0.05, 0) is 23.7 Å². The molecule has 0 aliphatic rings. The Morgan fingerprint density at radius 1 is 1.44 bits per heavy atom. The van der Waals surface area contributed by atoms with E-state index in [9.17, 15) is 23.3 Å². The number of hydrogen-bond donors (Lipinski definition) is 1. The van der Waals surface area contributed by atoms with Crippen molar-refractivity contribution >= 4 is 32.6 Å². The lowest BCUT2D eigenvalue weighted by molar-refractivity contribution is -0.385. The summed E-state index contributed by atoms with van der Waals surface area (Å²) in [6, 6.07) is 2.59. The topological polar surface area (TPSA) is 120 Å². The first-order valence-electron chi connectivity index (χ1n) is 3.74. The highest BCUT2D eigenvalue weighted by Crippen LogP contribution is 2.23. The lowest BCUT2D eigenvalue weighted by atomic mass is 10.2. The molecule has 0 bridgehead atoms. The number of carbonyl (C=O) groups excluding carboxylic acids is 1. The van der Waals surface area contributed by atoms with Gasteiger partial charge in [0.25, 0.3) is 10.9 Å². The molecule has 0 heterocycles. The van der Waals surface area contributed by atoms with Crippen LogP contribution >= 0.6 is 11.6 Å². The highest BCUT2D eigenvalue weighted by molar-refractivity contribution is 7.89. The maximum Gasteiger partial charge on any atom is 0.282 e. The summed E-state index contributed by atoms with van der Waals surface area (Å²) in [6.45, 7) is 0. The molecule has 0 saturated carbocycles. The predicted octanol–water partition coefficient (Wildman–Crippen LogP) is 0.621. The number of halogens is 1. The number of nitro benzene ring substituents is 1. The highest BCUT2D eigenvalue weighted by Gasteiger charge is 2.22. The fourth-order valence-electron chi connectivity index (χ4n) is 1.01. The summed E-state index contributed by atoms with van der Waals surface area (Å²) in [7, 11) is -4.06. The number of nitrogens with zero attached hydrogens (tertiary/aromatic N) is 1. The number of nitro groups is 1. The molecule has 1 rings (SSSR count). The molecule has 9 heteroatoms. The Balaban J connectivity index is 3.52. The van der Waals surface area contributed by atoms with Crippen LogP contribution in [0.25, 0.3) is 0 Å². The van der Waals surface area contributed by atoms with Crippen LogP contribution in [0.2, 0.25) is 0 Å². The summed E-state index contributed by atoms with van der Waals surface area (Å²) in [5.41, 5.74) is -1.09. The highest BCUT2D eigenvalue weighted by atomic mass is 35.5. The molecule has 0 spiro atoms. The van der Waals surface area contributed by atoms with Gasteiger partial charge in [-0.25, -0.2) is 13.6 Å². The molecule has 0 atom stereocenters. The third-order valence-electron chi connectivity index (χ3n) is 1.71.